The molecule has 4 nitrogen and oxygen atoms in total. The molecule has 1 rings (SSSR count). The Bertz CT molecular complexity index is 284. The van der Waals surface area contributed by atoms with Gasteiger partial charge in [-0.2, -0.15) is 0 Å². The number of carbonyl (C=O) groups is 1. The van der Waals surface area contributed by atoms with Crippen LogP contribution in [0, 0.1) is 5.92 Å². The third kappa shape index (κ3) is 5.17. The molecule has 0 aliphatic carbocycles. The van der Waals surface area contributed by atoms with Crippen LogP contribution in [0.4, 0.5) is 0 Å². The van der Waals surface area contributed by atoms with Crippen LogP contribution in [-0.2, 0) is 15.6 Å². The summed E-state index contributed by atoms with van der Waals surface area (Å²) in [6, 6.07) is 0.0423. The van der Waals surface area contributed by atoms with E-state index in [1.807, 2.05) is 6.92 Å². The van der Waals surface area contributed by atoms with Gasteiger partial charge in [-0.25, -0.2) is 0 Å². The number of hydrogen-bond acceptors (Lipinski definition) is 3. The van der Waals surface area contributed by atoms with Crippen molar-refractivity contribution in [3.05, 3.63) is 0 Å². The first-order valence-electron chi connectivity index (χ1n) is 6.34. The maximum Gasteiger partial charge on any atom is 0.237 e. The number of hydrogen-bond donors (Lipinski definition) is 2. The van der Waals surface area contributed by atoms with Gasteiger partial charge in [-0.05, 0) is 38.6 Å². The molecule has 1 saturated heterocycles. The van der Waals surface area contributed by atoms with E-state index in [2.05, 4.69) is 17.6 Å². The fourth-order valence-corrected chi connectivity index (χ4v) is 2.83. The van der Waals surface area contributed by atoms with Crippen LogP contribution in [0.5, 0.6) is 0 Å². The van der Waals surface area contributed by atoms with Crippen LogP contribution in [0.15, 0.2) is 0 Å². The fourth-order valence-electron chi connectivity index (χ4n) is 2.15. The van der Waals surface area contributed by atoms with E-state index in [0.717, 1.165) is 25.8 Å². The van der Waals surface area contributed by atoms with Gasteiger partial charge < -0.3 is 10.6 Å². The second-order valence-corrected chi connectivity index (χ2v) is 6.58. The Morgan fingerprint density at radius 3 is 2.88 bits per heavy atom. The third-order valence-electron chi connectivity index (χ3n) is 3.28. The van der Waals surface area contributed by atoms with Crippen LogP contribution in [-0.4, -0.2) is 40.8 Å². The van der Waals surface area contributed by atoms with Crippen molar-refractivity contribution in [3.8, 4) is 0 Å². The van der Waals surface area contributed by atoms with Gasteiger partial charge in [0.2, 0.25) is 5.91 Å². The maximum atomic E-state index is 12.0. The lowest BCUT2D eigenvalue weighted by Crippen LogP contribution is -2.52. The minimum absolute atomic E-state index is 0.0571. The molecule has 4 unspecified atom stereocenters. The maximum absolute atomic E-state index is 12.0. The largest absolute Gasteiger partial charge is 0.352 e. The fraction of sp³-hybridized carbons (Fsp3) is 0.917. The predicted molar refractivity (Wildman–Crippen MR) is 71.3 cm³/mol. The molecule has 5 heteroatoms. The molecule has 0 spiro atoms. The second-order valence-electron chi connectivity index (χ2n) is 5.03. The van der Waals surface area contributed by atoms with Crippen molar-refractivity contribution in [1.82, 2.24) is 10.6 Å². The van der Waals surface area contributed by atoms with Crippen LogP contribution >= 0.6 is 0 Å². The molecular weight excluding hydrogens is 236 g/mol. The highest BCUT2D eigenvalue weighted by Crippen LogP contribution is 2.15. The summed E-state index contributed by atoms with van der Waals surface area (Å²) in [6.07, 6.45) is 4.73. The lowest BCUT2D eigenvalue weighted by molar-refractivity contribution is -0.125. The summed E-state index contributed by atoms with van der Waals surface area (Å²) in [7, 11) is -0.780. The molecule has 1 aliphatic heterocycles. The van der Waals surface area contributed by atoms with Gasteiger partial charge in [0.15, 0.2) is 0 Å². The van der Waals surface area contributed by atoms with Crippen LogP contribution in [0.25, 0.3) is 0 Å². The van der Waals surface area contributed by atoms with Gasteiger partial charge in [0.05, 0.1) is 6.04 Å². The van der Waals surface area contributed by atoms with Crippen molar-refractivity contribution in [2.75, 3.05) is 18.6 Å². The van der Waals surface area contributed by atoms with Gasteiger partial charge in [0.1, 0.15) is 0 Å². The van der Waals surface area contributed by atoms with Crippen LogP contribution in [0.2, 0.25) is 0 Å². The van der Waals surface area contributed by atoms with Crippen molar-refractivity contribution in [2.24, 2.45) is 5.92 Å². The summed E-state index contributed by atoms with van der Waals surface area (Å²) in [5.74, 6) is 1.14. The van der Waals surface area contributed by atoms with E-state index in [9.17, 15) is 9.00 Å². The van der Waals surface area contributed by atoms with E-state index in [4.69, 9.17) is 0 Å². The second kappa shape index (κ2) is 7.11. The van der Waals surface area contributed by atoms with Crippen LogP contribution < -0.4 is 10.6 Å². The molecule has 0 aromatic carbocycles. The Kier molecular flexibility index (Phi) is 6.12. The zero-order valence-electron chi connectivity index (χ0n) is 11.0. The smallest absolute Gasteiger partial charge is 0.237 e. The Labute approximate surface area is 106 Å². The van der Waals surface area contributed by atoms with E-state index < -0.39 is 10.8 Å². The summed E-state index contributed by atoms with van der Waals surface area (Å²) >= 11 is 0. The van der Waals surface area contributed by atoms with Gasteiger partial charge >= 0.3 is 0 Å². The summed E-state index contributed by atoms with van der Waals surface area (Å²) in [5.41, 5.74) is 0. The van der Waals surface area contributed by atoms with E-state index >= 15 is 0 Å². The molecule has 1 fully saturated rings. The Balaban J connectivity index is 2.34. The average molecular weight is 260 g/mol. The first-order valence-corrected chi connectivity index (χ1v) is 8.07. The topological polar surface area (TPSA) is 58.2 Å². The van der Waals surface area contributed by atoms with Gasteiger partial charge in [-0.3, -0.25) is 9.00 Å². The van der Waals surface area contributed by atoms with Crippen LogP contribution in [0.1, 0.15) is 33.1 Å². The Hall–Kier alpha value is -0.420. The van der Waals surface area contributed by atoms with E-state index in [-0.39, 0.29) is 18.0 Å². The molecule has 0 aromatic heterocycles. The van der Waals surface area contributed by atoms with E-state index in [0.29, 0.717) is 11.7 Å². The molecule has 4 atom stereocenters. The van der Waals surface area contributed by atoms with Crippen molar-refractivity contribution < 1.29 is 9.00 Å². The van der Waals surface area contributed by atoms with E-state index in [1.54, 1.807) is 6.26 Å². The number of amides is 1. The highest BCUT2D eigenvalue weighted by atomic mass is 32.2. The molecule has 100 valence electrons. The summed E-state index contributed by atoms with van der Waals surface area (Å²) in [6.45, 7) is 5.01. The summed E-state index contributed by atoms with van der Waals surface area (Å²) in [5, 5.41) is 6.27. The van der Waals surface area contributed by atoms with Crippen LogP contribution in [0.3, 0.4) is 0 Å². The van der Waals surface area contributed by atoms with Gasteiger partial charge in [0.25, 0.3) is 0 Å². The average Bonchev–Trinajstić information content (AvgIpc) is 2.26. The molecule has 1 aliphatic rings. The van der Waals surface area contributed by atoms with Crippen molar-refractivity contribution in [1.29, 1.82) is 0 Å². The van der Waals surface area contributed by atoms with Crippen molar-refractivity contribution in [3.63, 3.8) is 0 Å². The molecule has 1 amide bonds. The summed E-state index contributed by atoms with van der Waals surface area (Å²) < 4.78 is 11.0. The molecule has 17 heavy (non-hydrogen) atoms. The minimum atomic E-state index is -0.780. The standard InChI is InChI=1S/C12H24N2O2S/c1-9-5-4-7-13-11(9)12(15)14-10(2)6-8-17(3)16/h9-11,13H,4-8H2,1-3H3,(H,14,15). The number of nitrogens with one attached hydrogen (secondary N) is 2. The SMILES string of the molecule is CC(CCS(C)=O)NC(=O)C1NCCCC1C. The van der Waals surface area contributed by atoms with Crippen molar-refractivity contribution >= 4 is 16.7 Å². The van der Waals surface area contributed by atoms with Gasteiger partial charge in [-0.1, -0.05) is 6.92 Å². The number of piperidine rings is 1. The zero-order chi connectivity index (χ0) is 12.8. The lowest BCUT2D eigenvalue weighted by atomic mass is 9.92. The zero-order valence-corrected chi connectivity index (χ0v) is 11.8. The lowest BCUT2D eigenvalue weighted by Gasteiger charge is -2.30. The molecule has 0 aromatic rings. The quantitative estimate of drug-likeness (QED) is 0.763. The molecule has 0 saturated carbocycles. The Morgan fingerprint density at radius 1 is 1.59 bits per heavy atom. The number of carbonyl (C=O) groups excluding carboxylic acids is 1. The first-order chi connectivity index (χ1) is 8.00. The third-order valence-corrected chi connectivity index (χ3v) is 4.09. The predicted octanol–water partition coefficient (Wildman–Crippen LogP) is 0.648. The Morgan fingerprint density at radius 2 is 2.29 bits per heavy atom. The minimum Gasteiger partial charge on any atom is -0.352 e. The molecule has 0 bridgehead atoms. The summed E-state index contributed by atoms with van der Waals surface area (Å²) in [4.78, 5) is 12.0. The van der Waals surface area contributed by atoms with E-state index in [1.165, 1.54) is 0 Å². The highest BCUT2D eigenvalue weighted by Gasteiger charge is 2.27. The number of rotatable bonds is 5. The first kappa shape index (κ1) is 14.6. The van der Waals surface area contributed by atoms with Gasteiger partial charge in [-0.15, -0.1) is 0 Å². The monoisotopic (exact) mass is 260 g/mol. The van der Waals surface area contributed by atoms with Gasteiger partial charge in [0, 0.05) is 28.9 Å². The molecular formula is C12H24N2O2S. The normalized spacial score (nSPS) is 28.4. The molecule has 1 heterocycles. The molecule has 2 N–H and O–H groups in total. The molecule has 0 radical (unpaired) electrons. The van der Waals surface area contributed by atoms with Crippen molar-refractivity contribution in [2.45, 2.75) is 45.2 Å². The highest BCUT2D eigenvalue weighted by molar-refractivity contribution is 7.84.